The van der Waals surface area contributed by atoms with Gasteiger partial charge in [-0.3, -0.25) is 9.36 Å². The second-order valence-corrected chi connectivity index (χ2v) is 9.37. The summed E-state index contributed by atoms with van der Waals surface area (Å²) in [4.78, 5) is 20.2. The van der Waals surface area contributed by atoms with Crippen molar-refractivity contribution in [1.82, 2.24) is 4.57 Å². The molecule has 9 heteroatoms. The molecule has 168 valence electrons. The van der Waals surface area contributed by atoms with Crippen LogP contribution in [-0.4, -0.2) is 23.9 Å². The van der Waals surface area contributed by atoms with Crippen LogP contribution in [0.5, 0.6) is 11.5 Å². The molecule has 1 aliphatic rings. The van der Waals surface area contributed by atoms with Gasteiger partial charge in [0.15, 0.2) is 16.3 Å². The zero-order valence-electron chi connectivity index (χ0n) is 18.0. The Bertz CT molecular complexity index is 1300. The van der Waals surface area contributed by atoms with Crippen LogP contribution in [0.4, 0.5) is 10.1 Å². The lowest BCUT2D eigenvalue weighted by Crippen LogP contribution is -2.42. The minimum absolute atomic E-state index is 0.00951. The van der Waals surface area contributed by atoms with Crippen molar-refractivity contribution in [2.24, 2.45) is 4.99 Å². The van der Waals surface area contributed by atoms with Crippen LogP contribution < -0.4 is 29.3 Å². The van der Waals surface area contributed by atoms with Crippen molar-refractivity contribution in [3.05, 3.63) is 71.9 Å². The van der Waals surface area contributed by atoms with Gasteiger partial charge in [0.1, 0.15) is 19.2 Å². The topological polar surface area (TPSA) is 56.1 Å². The molecule has 4 rings (SSSR count). The van der Waals surface area contributed by atoms with E-state index in [1.165, 1.54) is 23.5 Å². The Morgan fingerprint density at radius 3 is 2.69 bits per heavy atom. The molecule has 0 saturated carbocycles. The van der Waals surface area contributed by atoms with E-state index in [4.69, 9.17) is 9.47 Å². The summed E-state index contributed by atoms with van der Waals surface area (Å²) in [5, 5.41) is 0. The highest BCUT2D eigenvalue weighted by Gasteiger charge is 2.17. The van der Waals surface area contributed by atoms with Gasteiger partial charge in [-0.1, -0.05) is 27.3 Å². The first-order valence-electron chi connectivity index (χ1n) is 10.2. The second-order valence-electron chi connectivity index (χ2n) is 7.50. The van der Waals surface area contributed by atoms with E-state index in [1.54, 1.807) is 16.7 Å². The SMILES string of the molecule is CCOc1cc(C=c2sc3n(c2=O)CN(c2ccc(F)cc2)CN=3)c(Br)cc1OC(C)C. The van der Waals surface area contributed by atoms with E-state index in [0.717, 1.165) is 15.7 Å². The van der Waals surface area contributed by atoms with Crippen LogP contribution in [0.1, 0.15) is 26.3 Å². The summed E-state index contributed by atoms with van der Waals surface area (Å²) < 4.78 is 27.9. The van der Waals surface area contributed by atoms with Gasteiger partial charge in [0.25, 0.3) is 5.56 Å². The highest BCUT2D eigenvalue weighted by atomic mass is 79.9. The molecule has 32 heavy (non-hydrogen) atoms. The Kier molecular flexibility index (Phi) is 6.66. The molecule has 1 aliphatic heterocycles. The molecule has 0 aliphatic carbocycles. The molecule has 0 saturated heterocycles. The van der Waals surface area contributed by atoms with Gasteiger partial charge in [0, 0.05) is 10.2 Å². The molecule has 6 nitrogen and oxygen atoms in total. The van der Waals surface area contributed by atoms with Gasteiger partial charge in [-0.05, 0) is 68.8 Å². The second kappa shape index (κ2) is 9.46. The van der Waals surface area contributed by atoms with Crippen LogP contribution in [0.25, 0.3) is 6.08 Å². The summed E-state index contributed by atoms with van der Waals surface area (Å²) >= 11 is 4.94. The zero-order valence-corrected chi connectivity index (χ0v) is 20.4. The van der Waals surface area contributed by atoms with Crippen molar-refractivity contribution >= 4 is 39.0 Å². The summed E-state index contributed by atoms with van der Waals surface area (Å²) in [6.45, 7) is 7.10. The highest BCUT2D eigenvalue weighted by Crippen LogP contribution is 2.34. The predicted octanol–water partition coefficient (Wildman–Crippen LogP) is 3.88. The van der Waals surface area contributed by atoms with Crippen molar-refractivity contribution < 1.29 is 13.9 Å². The van der Waals surface area contributed by atoms with Crippen LogP contribution >= 0.6 is 27.3 Å². The predicted molar refractivity (Wildman–Crippen MR) is 128 cm³/mol. The van der Waals surface area contributed by atoms with Crippen molar-refractivity contribution in [3.8, 4) is 11.5 Å². The van der Waals surface area contributed by atoms with Crippen LogP contribution in [0.2, 0.25) is 0 Å². The Labute approximate surface area is 197 Å². The van der Waals surface area contributed by atoms with Gasteiger partial charge in [-0.15, -0.1) is 0 Å². The van der Waals surface area contributed by atoms with Crippen molar-refractivity contribution in [1.29, 1.82) is 0 Å². The maximum Gasteiger partial charge on any atom is 0.271 e. The van der Waals surface area contributed by atoms with E-state index in [9.17, 15) is 9.18 Å². The number of ether oxygens (including phenoxy) is 2. The lowest BCUT2D eigenvalue weighted by Gasteiger charge is -2.25. The summed E-state index contributed by atoms with van der Waals surface area (Å²) in [6.07, 6.45) is 1.84. The van der Waals surface area contributed by atoms with E-state index < -0.39 is 0 Å². The first-order chi connectivity index (χ1) is 15.4. The molecule has 0 amide bonds. The monoisotopic (exact) mass is 519 g/mol. The minimum atomic E-state index is -0.296. The summed E-state index contributed by atoms with van der Waals surface area (Å²) in [7, 11) is 0. The van der Waals surface area contributed by atoms with Crippen molar-refractivity contribution in [2.45, 2.75) is 33.5 Å². The fraction of sp³-hybridized carbons (Fsp3) is 0.304. The van der Waals surface area contributed by atoms with Crippen LogP contribution in [0, 0.1) is 5.82 Å². The average Bonchev–Trinajstić information content (AvgIpc) is 3.06. The Morgan fingerprint density at radius 2 is 2.00 bits per heavy atom. The maximum absolute atomic E-state index is 13.2. The van der Waals surface area contributed by atoms with Gasteiger partial charge in [-0.2, -0.15) is 0 Å². The molecular weight excluding hydrogens is 497 g/mol. The lowest BCUT2D eigenvalue weighted by molar-refractivity contribution is 0.223. The van der Waals surface area contributed by atoms with Gasteiger partial charge < -0.3 is 14.4 Å². The van der Waals surface area contributed by atoms with Crippen molar-refractivity contribution in [2.75, 3.05) is 18.2 Å². The quantitative estimate of drug-likeness (QED) is 0.495. The fourth-order valence-electron chi connectivity index (χ4n) is 3.34. The third kappa shape index (κ3) is 4.73. The first-order valence-corrected chi connectivity index (χ1v) is 11.9. The normalized spacial score (nSPS) is 13.8. The van der Waals surface area contributed by atoms with E-state index in [0.29, 0.717) is 40.8 Å². The Hall–Kier alpha value is -2.65. The number of hydrogen-bond donors (Lipinski definition) is 0. The van der Waals surface area contributed by atoms with Crippen LogP contribution in [-0.2, 0) is 6.67 Å². The van der Waals surface area contributed by atoms with E-state index in [2.05, 4.69) is 20.9 Å². The van der Waals surface area contributed by atoms with Gasteiger partial charge in [0.2, 0.25) is 0 Å². The largest absolute Gasteiger partial charge is 0.490 e. The first kappa shape index (κ1) is 22.5. The number of anilines is 1. The van der Waals surface area contributed by atoms with Crippen LogP contribution in [0.3, 0.4) is 0 Å². The number of benzene rings is 2. The Balaban J connectivity index is 1.71. The number of thiazole rings is 1. The van der Waals surface area contributed by atoms with E-state index in [1.807, 2.05) is 43.9 Å². The molecule has 1 aromatic heterocycles. The Morgan fingerprint density at radius 1 is 1.25 bits per heavy atom. The summed E-state index contributed by atoms with van der Waals surface area (Å²) in [5.41, 5.74) is 1.51. The number of fused-ring (bicyclic) bond motifs is 1. The molecule has 0 N–H and O–H groups in total. The smallest absolute Gasteiger partial charge is 0.271 e. The van der Waals surface area contributed by atoms with Crippen molar-refractivity contribution in [3.63, 3.8) is 0 Å². The average molecular weight is 520 g/mol. The molecule has 0 atom stereocenters. The van der Waals surface area contributed by atoms with Gasteiger partial charge >= 0.3 is 0 Å². The van der Waals surface area contributed by atoms with Gasteiger partial charge in [0.05, 0.1) is 17.2 Å². The molecular formula is C23H23BrFN3O3S. The lowest BCUT2D eigenvalue weighted by atomic mass is 10.2. The van der Waals surface area contributed by atoms with Gasteiger partial charge in [-0.25, -0.2) is 9.38 Å². The van der Waals surface area contributed by atoms with E-state index in [-0.39, 0.29) is 17.5 Å². The molecule has 0 fully saturated rings. The molecule has 2 heterocycles. The number of hydrogen-bond acceptors (Lipinski definition) is 6. The third-order valence-corrected chi connectivity index (χ3v) is 6.51. The molecule has 3 aromatic rings. The number of rotatable bonds is 6. The zero-order chi connectivity index (χ0) is 22.8. The highest BCUT2D eigenvalue weighted by molar-refractivity contribution is 9.10. The number of halogens is 2. The molecule has 0 unspecified atom stereocenters. The molecule has 0 radical (unpaired) electrons. The number of aromatic nitrogens is 1. The molecule has 0 spiro atoms. The maximum atomic E-state index is 13.2. The molecule has 0 bridgehead atoms. The van der Waals surface area contributed by atoms with Crippen LogP contribution in [0.15, 0.2) is 50.7 Å². The van der Waals surface area contributed by atoms with E-state index >= 15 is 0 Å². The number of nitrogens with zero attached hydrogens (tertiary/aromatic N) is 3. The molecule has 2 aromatic carbocycles. The summed E-state index contributed by atoms with van der Waals surface area (Å²) in [6, 6.07) is 9.92. The fourth-order valence-corrected chi connectivity index (χ4v) is 4.73. The minimum Gasteiger partial charge on any atom is -0.490 e. The standard InChI is InChI=1S/C23H23BrFN3O3S/c1-4-30-19-9-15(18(24)11-20(19)31-14(2)3)10-21-22(29)28-13-27(12-26-23(28)32-21)17-7-5-16(25)6-8-17/h5-11,14H,4,12-13H2,1-3H3. The third-order valence-electron chi connectivity index (χ3n) is 4.78. The summed E-state index contributed by atoms with van der Waals surface area (Å²) in [5.74, 6) is 0.983.